The van der Waals surface area contributed by atoms with E-state index in [1.807, 2.05) is 17.6 Å². The van der Waals surface area contributed by atoms with E-state index in [1.54, 1.807) is 0 Å². The van der Waals surface area contributed by atoms with Gasteiger partial charge in [-0.25, -0.2) is 4.79 Å². The summed E-state index contributed by atoms with van der Waals surface area (Å²) in [6.45, 7) is 3.90. The van der Waals surface area contributed by atoms with Gasteiger partial charge in [-0.15, -0.1) is 0 Å². The van der Waals surface area contributed by atoms with Crippen molar-refractivity contribution in [3.05, 3.63) is 32.7 Å². The summed E-state index contributed by atoms with van der Waals surface area (Å²) in [6, 6.07) is 4.36. The Kier molecular flexibility index (Phi) is 2.60. The van der Waals surface area contributed by atoms with Gasteiger partial charge in [-0.05, 0) is 53.5 Å². The summed E-state index contributed by atoms with van der Waals surface area (Å²) in [5.74, 6) is 0. The third kappa shape index (κ3) is 1.73. The second-order valence-corrected chi connectivity index (χ2v) is 5.44. The number of nitrogens with one attached hydrogen (secondary N) is 2. The molecule has 0 aliphatic carbocycles. The molecule has 1 fully saturated rings. The van der Waals surface area contributed by atoms with Gasteiger partial charge in [-0.2, -0.15) is 0 Å². The highest BCUT2D eigenvalue weighted by atomic mass is 79.9. The minimum Gasteiger partial charge on any atom is -0.315 e. The van der Waals surface area contributed by atoms with Crippen LogP contribution in [0.5, 0.6) is 0 Å². The quantitative estimate of drug-likeness (QED) is 0.845. The summed E-state index contributed by atoms with van der Waals surface area (Å²) in [6.07, 6.45) is 1.01. The zero-order valence-corrected chi connectivity index (χ0v) is 11.2. The Morgan fingerprint density at radius 2 is 2.29 bits per heavy atom. The van der Waals surface area contributed by atoms with Crippen molar-refractivity contribution >= 4 is 27.0 Å². The lowest BCUT2D eigenvalue weighted by Gasteiger charge is -2.10. The standard InChI is InChI=1S/C12H14BrN3O/c1-7-4-9(13)11-10(5-7)16(12(17)15-11)8-2-3-14-6-8/h4-5,8,14H,2-3,6H2,1H3,(H,15,17). The predicted molar refractivity (Wildman–Crippen MR) is 71.5 cm³/mol. The third-order valence-corrected chi connectivity index (χ3v) is 3.95. The number of rotatable bonds is 1. The van der Waals surface area contributed by atoms with Crippen LogP contribution in [0.15, 0.2) is 21.4 Å². The first-order valence-electron chi connectivity index (χ1n) is 5.78. The average Bonchev–Trinajstić information content (AvgIpc) is 2.84. The molecule has 1 aromatic heterocycles. The fourth-order valence-electron chi connectivity index (χ4n) is 2.54. The van der Waals surface area contributed by atoms with E-state index in [0.29, 0.717) is 0 Å². The van der Waals surface area contributed by atoms with Crippen LogP contribution in [0.25, 0.3) is 11.0 Å². The van der Waals surface area contributed by atoms with Crippen molar-refractivity contribution in [3.8, 4) is 0 Å². The highest BCUT2D eigenvalue weighted by Crippen LogP contribution is 2.26. The minimum atomic E-state index is -0.0139. The van der Waals surface area contributed by atoms with E-state index in [0.717, 1.165) is 40.6 Å². The topological polar surface area (TPSA) is 49.8 Å². The number of hydrogen-bond donors (Lipinski definition) is 2. The van der Waals surface area contributed by atoms with Crippen molar-refractivity contribution in [1.29, 1.82) is 0 Å². The minimum absolute atomic E-state index is 0.0139. The predicted octanol–water partition coefficient (Wildman–Crippen LogP) is 1.93. The van der Waals surface area contributed by atoms with E-state index < -0.39 is 0 Å². The van der Waals surface area contributed by atoms with Crippen LogP contribution < -0.4 is 11.0 Å². The maximum atomic E-state index is 12.0. The molecule has 1 aliphatic heterocycles. The fourth-order valence-corrected chi connectivity index (χ4v) is 3.20. The maximum absolute atomic E-state index is 12.0. The van der Waals surface area contributed by atoms with Crippen LogP contribution in [0.2, 0.25) is 0 Å². The van der Waals surface area contributed by atoms with Crippen LogP contribution in [-0.4, -0.2) is 22.6 Å². The Morgan fingerprint density at radius 1 is 1.47 bits per heavy atom. The molecule has 90 valence electrons. The van der Waals surface area contributed by atoms with Crippen LogP contribution in [0, 0.1) is 6.92 Å². The zero-order chi connectivity index (χ0) is 12.0. The van der Waals surface area contributed by atoms with Gasteiger partial charge in [0.15, 0.2) is 0 Å². The zero-order valence-electron chi connectivity index (χ0n) is 9.59. The number of aromatic nitrogens is 2. The van der Waals surface area contributed by atoms with E-state index >= 15 is 0 Å². The molecule has 2 N–H and O–H groups in total. The molecular weight excluding hydrogens is 282 g/mol. The van der Waals surface area contributed by atoms with Crippen LogP contribution >= 0.6 is 15.9 Å². The number of aromatic amines is 1. The lowest BCUT2D eigenvalue weighted by molar-refractivity contribution is 0.546. The molecule has 2 aromatic rings. The number of imidazole rings is 1. The number of hydrogen-bond acceptors (Lipinski definition) is 2. The van der Waals surface area contributed by atoms with Gasteiger partial charge in [0.25, 0.3) is 0 Å². The molecule has 3 rings (SSSR count). The molecular formula is C12H14BrN3O. The smallest absolute Gasteiger partial charge is 0.315 e. The van der Waals surface area contributed by atoms with Gasteiger partial charge in [0.1, 0.15) is 0 Å². The van der Waals surface area contributed by atoms with Crippen molar-refractivity contribution in [3.63, 3.8) is 0 Å². The molecule has 0 amide bonds. The lowest BCUT2D eigenvalue weighted by Crippen LogP contribution is -2.23. The molecule has 2 heterocycles. The van der Waals surface area contributed by atoms with Gasteiger partial charge < -0.3 is 10.3 Å². The molecule has 0 spiro atoms. The van der Waals surface area contributed by atoms with Gasteiger partial charge in [-0.3, -0.25) is 4.57 Å². The largest absolute Gasteiger partial charge is 0.326 e. The summed E-state index contributed by atoms with van der Waals surface area (Å²) in [4.78, 5) is 15.0. The van der Waals surface area contributed by atoms with Gasteiger partial charge in [0.2, 0.25) is 0 Å². The second-order valence-electron chi connectivity index (χ2n) is 4.59. The van der Waals surface area contributed by atoms with Crippen LogP contribution in [0.3, 0.4) is 0 Å². The summed E-state index contributed by atoms with van der Waals surface area (Å²) < 4.78 is 2.84. The molecule has 5 heteroatoms. The Hall–Kier alpha value is -1.07. The Bertz CT molecular complexity index is 622. The SMILES string of the molecule is Cc1cc(Br)c2[nH]c(=O)n(C3CCNC3)c2c1. The summed E-state index contributed by atoms with van der Waals surface area (Å²) >= 11 is 3.50. The normalized spacial score (nSPS) is 20.2. The van der Waals surface area contributed by atoms with Crippen molar-refractivity contribution in [2.75, 3.05) is 13.1 Å². The van der Waals surface area contributed by atoms with E-state index in [1.165, 1.54) is 0 Å². The Balaban J connectivity index is 2.29. The molecule has 0 radical (unpaired) electrons. The number of H-pyrrole nitrogens is 1. The summed E-state index contributed by atoms with van der Waals surface area (Å²) in [5.41, 5.74) is 3.03. The summed E-state index contributed by atoms with van der Waals surface area (Å²) in [5, 5.41) is 3.30. The number of aryl methyl sites for hydroxylation is 1. The molecule has 4 nitrogen and oxygen atoms in total. The molecule has 1 unspecified atom stereocenters. The first-order valence-corrected chi connectivity index (χ1v) is 6.57. The fraction of sp³-hybridized carbons (Fsp3) is 0.417. The maximum Gasteiger partial charge on any atom is 0.326 e. The molecule has 1 aliphatic rings. The van der Waals surface area contributed by atoms with Gasteiger partial charge in [0, 0.05) is 11.0 Å². The van der Waals surface area contributed by atoms with E-state index in [-0.39, 0.29) is 11.7 Å². The van der Waals surface area contributed by atoms with Gasteiger partial charge in [-0.1, -0.05) is 0 Å². The van der Waals surface area contributed by atoms with Gasteiger partial charge in [0.05, 0.1) is 17.1 Å². The molecule has 0 saturated carbocycles. The molecule has 1 saturated heterocycles. The van der Waals surface area contributed by atoms with Crippen LogP contribution in [-0.2, 0) is 0 Å². The van der Waals surface area contributed by atoms with E-state index in [2.05, 4.69) is 32.3 Å². The molecule has 0 bridgehead atoms. The van der Waals surface area contributed by atoms with Crippen LogP contribution in [0.1, 0.15) is 18.0 Å². The van der Waals surface area contributed by atoms with Crippen molar-refractivity contribution in [1.82, 2.24) is 14.9 Å². The van der Waals surface area contributed by atoms with Crippen molar-refractivity contribution in [2.24, 2.45) is 0 Å². The van der Waals surface area contributed by atoms with Crippen molar-refractivity contribution < 1.29 is 0 Å². The average molecular weight is 296 g/mol. The lowest BCUT2D eigenvalue weighted by atomic mass is 10.2. The third-order valence-electron chi connectivity index (χ3n) is 3.32. The van der Waals surface area contributed by atoms with E-state index in [4.69, 9.17) is 0 Å². The Morgan fingerprint density at radius 3 is 3.00 bits per heavy atom. The molecule has 1 aromatic carbocycles. The number of benzene rings is 1. The Labute approximate surface area is 107 Å². The number of fused-ring (bicyclic) bond motifs is 1. The number of halogens is 1. The second kappa shape index (κ2) is 3.99. The highest BCUT2D eigenvalue weighted by molar-refractivity contribution is 9.10. The van der Waals surface area contributed by atoms with Crippen LogP contribution in [0.4, 0.5) is 0 Å². The number of nitrogens with zero attached hydrogens (tertiary/aromatic N) is 1. The van der Waals surface area contributed by atoms with E-state index in [9.17, 15) is 4.79 Å². The van der Waals surface area contributed by atoms with Crippen molar-refractivity contribution in [2.45, 2.75) is 19.4 Å². The first kappa shape index (κ1) is 11.0. The monoisotopic (exact) mass is 295 g/mol. The molecule has 17 heavy (non-hydrogen) atoms. The summed E-state index contributed by atoms with van der Waals surface area (Å²) in [7, 11) is 0. The highest BCUT2D eigenvalue weighted by Gasteiger charge is 2.21. The van der Waals surface area contributed by atoms with Gasteiger partial charge >= 0.3 is 5.69 Å². The molecule has 1 atom stereocenters. The first-order chi connectivity index (χ1) is 8.16.